The second-order valence-corrected chi connectivity index (χ2v) is 1.49. The molecule has 1 heterocycles. The molecule has 0 aromatic carbocycles. The van der Waals surface area contributed by atoms with Crippen molar-refractivity contribution in [2.45, 2.75) is 13.2 Å². The fourth-order valence-corrected chi connectivity index (χ4v) is 0.421. The molecule has 0 amide bonds. The van der Waals surface area contributed by atoms with E-state index in [9.17, 15) is 4.79 Å². The maximum Gasteiger partial charge on any atom is 0.305 e. The third-order valence-corrected chi connectivity index (χ3v) is 0.696. The lowest BCUT2D eigenvalue weighted by Crippen LogP contribution is -2.17. The van der Waals surface area contributed by atoms with Crippen molar-refractivity contribution in [3.63, 3.8) is 0 Å². The summed E-state index contributed by atoms with van der Waals surface area (Å²) in [6, 6.07) is 0. The van der Waals surface area contributed by atoms with Gasteiger partial charge >= 0.3 is 5.97 Å². The lowest BCUT2D eigenvalue weighted by atomic mass is 10.7. The van der Waals surface area contributed by atoms with Crippen LogP contribution in [0.2, 0.25) is 0 Å². The zero-order valence-electron chi connectivity index (χ0n) is 4.83. The van der Waals surface area contributed by atoms with Gasteiger partial charge in [0.05, 0.1) is 0 Å². The van der Waals surface area contributed by atoms with Crippen molar-refractivity contribution in [1.82, 2.24) is 0 Å². The van der Waals surface area contributed by atoms with Crippen molar-refractivity contribution < 1.29 is 24.3 Å². The van der Waals surface area contributed by atoms with Crippen molar-refractivity contribution in [2.75, 3.05) is 6.61 Å². The van der Waals surface area contributed by atoms with Crippen molar-refractivity contribution >= 4 is 5.97 Å². The van der Waals surface area contributed by atoms with Crippen molar-refractivity contribution in [3.8, 4) is 0 Å². The molecule has 5 nitrogen and oxygen atoms in total. The van der Waals surface area contributed by atoms with E-state index in [1.54, 1.807) is 0 Å². The van der Waals surface area contributed by atoms with E-state index in [-0.39, 0.29) is 6.61 Å². The minimum atomic E-state index is -0.706. The molecule has 5 heteroatoms. The first-order valence-corrected chi connectivity index (χ1v) is 2.41. The summed E-state index contributed by atoms with van der Waals surface area (Å²) in [5.74, 6) is -0.422. The third-order valence-electron chi connectivity index (χ3n) is 0.696. The quantitative estimate of drug-likeness (QED) is 0.366. The number of hydrogen-bond donors (Lipinski definition) is 0. The molecule has 1 unspecified atom stereocenters. The van der Waals surface area contributed by atoms with Crippen LogP contribution >= 0.6 is 0 Å². The van der Waals surface area contributed by atoms with Crippen LogP contribution in [0, 0.1) is 0 Å². The SMILES string of the molecule is CC(=O)OC1COOO1. The van der Waals surface area contributed by atoms with Crippen LogP contribution in [0.1, 0.15) is 6.92 Å². The van der Waals surface area contributed by atoms with Crippen LogP contribution in [0.15, 0.2) is 0 Å². The molecule has 9 heavy (non-hydrogen) atoms. The van der Waals surface area contributed by atoms with E-state index < -0.39 is 12.3 Å². The Balaban J connectivity index is 2.19. The standard InChI is InChI=1S/C4H6O5/c1-3(5)7-4-2-6-9-8-4/h4H,2H2,1H3. The molecule has 0 bridgehead atoms. The molecule has 0 aliphatic carbocycles. The summed E-state index contributed by atoms with van der Waals surface area (Å²) in [5.41, 5.74) is 0. The summed E-state index contributed by atoms with van der Waals surface area (Å²) in [6.07, 6.45) is -0.706. The van der Waals surface area contributed by atoms with Crippen LogP contribution in [0.5, 0.6) is 0 Å². The van der Waals surface area contributed by atoms with Gasteiger partial charge in [-0.15, -0.1) is 0 Å². The normalized spacial score (nSPS) is 26.1. The molecule has 1 saturated heterocycles. The van der Waals surface area contributed by atoms with E-state index in [1.165, 1.54) is 6.92 Å². The molecule has 1 fully saturated rings. The second kappa shape index (κ2) is 2.77. The largest absolute Gasteiger partial charge is 0.430 e. The Bertz CT molecular complexity index is 106. The lowest BCUT2D eigenvalue weighted by molar-refractivity contribution is -0.470. The second-order valence-electron chi connectivity index (χ2n) is 1.49. The fraction of sp³-hybridized carbons (Fsp3) is 0.750. The van der Waals surface area contributed by atoms with E-state index in [4.69, 9.17) is 0 Å². The van der Waals surface area contributed by atoms with Gasteiger partial charge in [-0.2, -0.15) is 9.78 Å². The number of rotatable bonds is 1. The molecule has 52 valence electrons. The van der Waals surface area contributed by atoms with E-state index >= 15 is 0 Å². The third kappa shape index (κ3) is 1.96. The van der Waals surface area contributed by atoms with Crippen LogP contribution in [0.25, 0.3) is 0 Å². The molecule has 0 spiro atoms. The highest BCUT2D eigenvalue weighted by atomic mass is 17.5. The lowest BCUT2D eigenvalue weighted by Gasteiger charge is -2.01. The van der Waals surface area contributed by atoms with Gasteiger partial charge < -0.3 is 4.74 Å². The van der Waals surface area contributed by atoms with Gasteiger partial charge in [0.2, 0.25) is 0 Å². The molecule has 0 saturated carbocycles. The number of carbonyl (C=O) groups excluding carboxylic acids is 1. The summed E-state index contributed by atoms with van der Waals surface area (Å²) in [4.78, 5) is 18.7. The Morgan fingerprint density at radius 1 is 1.78 bits per heavy atom. The summed E-state index contributed by atoms with van der Waals surface area (Å²) in [5, 5.41) is 3.98. The summed E-state index contributed by atoms with van der Waals surface area (Å²) in [7, 11) is 0. The fourth-order valence-electron chi connectivity index (χ4n) is 0.421. The Kier molecular flexibility index (Phi) is 1.99. The van der Waals surface area contributed by atoms with Gasteiger partial charge in [-0.1, -0.05) is 5.04 Å². The van der Waals surface area contributed by atoms with Gasteiger partial charge in [-0.05, 0) is 0 Å². The maximum atomic E-state index is 10.2. The Morgan fingerprint density at radius 2 is 2.56 bits per heavy atom. The Hall–Kier alpha value is -0.650. The van der Waals surface area contributed by atoms with Crippen molar-refractivity contribution in [3.05, 3.63) is 0 Å². The van der Waals surface area contributed by atoms with Gasteiger partial charge in [0.25, 0.3) is 6.29 Å². The highest BCUT2D eigenvalue weighted by Gasteiger charge is 2.20. The number of carbonyl (C=O) groups is 1. The first-order chi connectivity index (χ1) is 4.29. The highest BCUT2D eigenvalue weighted by molar-refractivity contribution is 5.66. The van der Waals surface area contributed by atoms with Crippen LogP contribution in [-0.2, 0) is 24.3 Å². The average molecular weight is 134 g/mol. The molecular weight excluding hydrogens is 128 g/mol. The van der Waals surface area contributed by atoms with Gasteiger partial charge in [0, 0.05) is 6.92 Å². The molecule has 1 aliphatic heterocycles. The summed E-state index contributed by atoms with van der Waals surface area (Å²) in [6.45, 7) is 1.40. The van der Waals surface area contributed by atoms with Crippen LogP contribution < -0.4 is 0 Å². The van der Waals surface area contributed by atoms with Crippen LogP contribution in [0.3, 0.4) is 0 Å². The number of esters is 1. The van der Waals surface area contributed by atoms with Gasteiger partial charge in [-0.3, -0.25) is 4.79 Å². The molecule has 1 aliphatic rings. The highest BCUT2D eigenvalue weighted by Crippen LogP contribution is 2.05. The Morgan fingerprint density at radius 3 is 3.00 bits per heavy atom. The minimum absolute atomic E-state index is 0.125. The first kappa shape index (κ1) is 6.47. The van der Waals surface area contributed by atoms with Gasteiger partial charge in [0.15, 0.2) is 6.61 Å². The number of ether oxygens (including phenoxy) is 1. The maximum absolute atomic E-state index is 10.2. The monoisotopic (exact) mass is 134 g/mol. The van der Waals surface area contributed by atoms with Crippen molar-refractivity contribution in [1.29, 1.82) is 0 Å². The first-order valence-electron chi connectivity index (χ1n) is 2.41. The van der Waals surface area contributed by atoms with E-state index in [0.717, 1.165) is 0 Å². The average Bonchev–Trinajstić information content (AvgIpc) is 2.15. The van der Waals surface area contributed by atoms with E-state index in [2.05, 4.69) is 19.6 Å². The Labute approximate surface area is 51.3 Å². The van der Waals surface area contributed by atoms with E-state index in [0.29, 0.717) is 0 Å². The topological polar surface area (TPSA) is 54.0 Å². The molecular formula is C4H6O5. The van der Waals surface area contributed by atoms with Crippen LogP contribution in [0.4, 0.5) is 0 Å². The number of hydrogen-bond acceptors (Lipinski definition) is 5. The molecule has 0 aromatic rings. The molecule has 0 aromatic heterocycles. The zero-order valence-corrected chi connectivity index (χ0v) is 4.83. The van der Waals surface area contributed by atoms with Gasteiger partial charge in [-0.25, -0.2) is 0 Å². The minimum Gasteiger partial charge on any atom is -0.430 e. The molecule has 1 atom stereocenters. The summed E-state index contributed by atoms with van der Waals surface area (Å²) < 4.78 is 4.50. The van der Waals surface area contributed by atoms with Crippen molar-refractivity contribution in [2.24, 2.45) is 0 Å². The smallest absolute Gasteiger partial charge is 0.305 e. The predicted octanol–water partition coefficient (Wildman–Crippen LogP) is -0.231. The molecule has 0 radical (unpaired) electrons. The molecule has 0 N–H and O–H groups in total. The molecule has 1 rings (SSSR count). The van der Waals surface area contributed by atoms with Gasteiger partial charge in [0.1, 0.15) is 0 Å². The zero-order chi connectivity index (χ0) is 6.69. The van der Waals surface area contributed by atoms with Crippen LogP contribution in [-0.4, -0.2) is 18.9 Å². The van der Waals surface area contributed by atoms with E-state index in [1.807, 2.05) is 0 Å². The predicted molar refractivity (Wildman–Crippen MR) is 23.7 cm³/mol. The summed E-state index contributed by atoms with van der Waals surface area (Å²) >= 11 is 0.